The Kier molecular flexibility index (Phi) is 4.52. The summed E-state index contributed by atoms with van der Waals surface area (Å²) in [6.07, 6.45) is 0. The molecule has 1 atom stereocenters. The number of nitrogens with zero attached hydrogens (tertiary/aromatic N) is 2. The fraction of sp³-hybridized carbons (Fsp3) is 0.429. The van der Waals surface area contributed by atoms with Crippen molar-refractivity contribution in [2.45, 2.75) is 13.0 Å². The quantitative estimate of drug-likeness (QED) is 0.887. The summed E-state index contributed by atoms with van der Waals surface area (Å²) in [6.45, 7) is 2.22. The van der Waals surface area contributed by atoms with E-state index >= 15 is 0 Å². The Morgan fingerprint density at radius 2 is 1.81 bits per heavy atom. The van der Waals surface area contributed by atoms with Gasteiger partial charge >= 0.3 is 0 Å². The number of likely N-dealkylation sites (N-methyl/N-ethyl adjacent to an activating group) is 1. The molecule has 1 heterocycles. The van der Waals surface area contributed by atoms with Crippen molar-refractivity contribution in [1.29, 1.82) is 0 Å². The van der Waals surface area contributed by atoms with Gasteiger partial charge in [-0.3, -0.25) is 9.59 Å². The van der Waals surface area contributed by atoms with Gasteiger partial charge in [-0.05, 0) is 13.0 Å². The van der Waals surface area contributed by atoms with E-state index in [2.05, 4.69) is 0 Å². The molecular formula is C14H17F2N3O2. The predicted octanol–water partition coefficient (Wildman–Crippen LogP) is 0.655. The van der Waals surface area contributed by atoms with Gasteiger partial charge in [0.1, 0.15) is 11.6 Å². The lowest BCUT2D eigenvalue weighted by Gasteiger charge is -2.34. The van der Waals surface area contributed by atoms with Gasteiger partial charge in [-0.2, -0.15) is 0 Å². The highest BCUT2D eigenvalue weighted by Gasteiger charge is 2.30. The minimum Gasteiger partial charge on any atom is -0.332 e. The van der Waals surface area contributed by atoms with Gasteiger partial charge in [0.25, 0.3) is 0 Å². The smallest absolute Gasteiger partial charge is 0.242 e. The number of halogens is 2. The van der Waals surface area contributed by atoms with Crippen molar-refractivity contribution >= 4 is 11.8 Å². The van der Waals surface area contributed by atoms with Crippen molar-refractivity contribution in [2.75, 3.05) is 26.2 Å². The number of hydrogen-bond donors (Lipinski definition) is 1. The number of benzene rings is 1. The van der Waals surface area contributed by atoms with Crippen LogP contribution in [-0.4, -0.2) is 47.8 Å². The fourth-order valence-corrected chi connectivity index (χ4v) is 2.30. The summed E-state index contributed by atoms with van der Waals surface area (Å²) in [7, 11) is 0. The molecule has 0 spiro atoms. The standard InChI is InChI=1S/C14H17F2N3O2/c1-2-18-7-14(21)19(8-13(18)20)6-12(17)10-4-3-9(15)5-11(10)16/h3-5,12H,2,6-8,17H2,1H3. The van der Waals surface area contributed by atoms with E-state index in [-0.39, 0.29) is 37.0 Å². The molecule has 2 rings (SSSR count). The van der Waals surface area contributed by atoms with Crippen LogP contribution in [0.25, 0.3) is 0 Å². The fourth-order valence-electron chi connectivity index (χ4n) is 2.30. The zero-order valence-corrected chi connectivity index (χ0v) is 11.7. The Labute approximate surface area is 121 Å². The molecule has 5 nitrogen and oxygen atoms in total. The number of amides is 2. The van der Waals surface area contributed by atoms with E-state index in [0.29, 0.717) is 6.54 Å². The predicted molar refractivity (Wildman–Crippen MR) is 72.1 cm³/mol. The molecule has 0 radical (unpaired) electrons. The normalized spacial score (nSPS) is 17.3. The number of carbonyl (C=O) groups is 2. The maximum absolute atomic E-state index is 13.6. The summed E-state index contributed by atoms with van der Waals surface area (Å²) >= 11 is 0. The minimum absolute atomic E-state index is 0.00789. The van der Waals surface area contributed by atoms with Crippen LogP contribution < -0.4 is 5.73 Å². The molecule has 1 unspecified atom stereocenters. The van der Waals surface area contributed by atoms with Crippen molar-refractivity contribution < 1.29 is 18.4 Å². The maximum atomic E-state index is 13.6. The lowest BCUT2D eigenvalue weighted by Crippen LogP contribution is -2.54. The van der Waals surface area contributed by atoms with Crippen molar-refractivity contribution in [2.24, 2.45) is 5.73 Å². The first kappa shape index (κ1) is 15.4. The number of nitrogens with two attached hydrogens (primary N) is 1. The molecule has 7 heteroatoms. The van der Waals surface area contributed by atoms with Crippen molar-refractivity contribution in [3.05, 3.63) is 35.4 Å². The van der Waals surface area contributed by atoms with E-state index in [4.69, 9.17) is 5.73 Å². The molecule has 0 aromatic heterocycles. The minimum atomic E-state index is -0.810. The molecule has 21 heavy (non-hydrogen) atoms. The Hall–Kier alpha value is -2.02. The van der Waals surface area contributed by atoms with Crippen LogP contribution in [0.15, 0.2) is 18.2 Å². The Morgan fingerprint density at radius 1 is 1.19 bits per heavy atom. The highest BCUT2D eigenvalue weighted by atomic mass is 19.1. The van der Waals surface area contributed by atoms with Gasteiger partial charge in [0, 0.05) is 24.7 Å². The van der Waals surface area contributed by atoms with Gasteiger partial charge in [0.2, 0.25) is 11.8 Å². The van der Waals surface area contributed by atoms with Crippen LogP contribution in [0.4, 0.5) is 8.78 Å². The number of rotatable bonds is 4. The van der Waals surface area contributed by atoms with E-state index in [1.54, 1.807) is 6.92 Å². The van der Waals surface area contributed by atoms with Gasteiger partial charge in [-0.1, -0.05) is 6.07 Å². The summed E-state index contributed by atoms with van der Waals surface area (Å²) in [5, 5.41) is 0. The molecule has 2 amide bonds. The average Bonchev–Trinajstić information content (AvgIpc) is 2.42. The first-order valence-corrected chi connectivity index (χ1v) is 6.68. The third kappa shape index (κ3) is 3.36. The van der Waals surface area contributed by atoms with Crippen molar-refractivity contribution in [1.82, 2.24) is 9.80 Å². The summed E-state index contributed by atoms with van der Waals surface area (Å²) < 4.78 is 26.5. The Balaban J connectivity index is 2.07. The number of piperazine rings is 1. The molecule has 0 aliphatic carbocycles. The third-order valence-electron chi connectivity index (χ3n) is 3.52. The lowest BCUT2D eigenvalue weighted by molar-refractivity contribution is -0.150. The van der Waals surface area contributed by atoms with Crippen LogP contribution in [-0.2, 0) is 9.59 Å². The Bertz CT molecular complexity index is 565. The van der Waals surface area contributed by atoms with Crippen molar-refractivity contribution in [3.63, 3.8) is 0 Å². The van der Waals surface area contributed by atoms with Gasteiger partial charge in [0.05, 0.1) is 19.1 Å². The van der Waals surface area contributed by atoms with E-state index in [0.717, 1.165) is 12.1 Å². The van der Waals surface area contributed by atoms with E-state index in [1.165, 1.54) is 15.9 Å². The van der Waals surface area contributed by atoms with Crippen LogP contribution in [0, 0.1) is 11.6 Å². The second-order valence-corrected chi connectivity index (χ2v) is 4.95. The average molecular weight is 297 g/mol. The maximum Gasteiger partial charge on any atom is 0.242 e. The molecule has 1 aliphatic rings. The van der Waals surface area contributed by atoms with Crippen LogP contribution in [0.3, 0.4) is 0 Å². The molecule has 0 bridgehead atoms. The van der Waals surface area contributed by atoms with E-state index in [9.17, 15) is 18.4 Å². The first-order chi connectivity index (χ1) is 9.92. The van der Waals surface area contributed by atoms with Crippen LogP contribution in [0.5, 0.6) is 0 Å². The zero-order chi connectivity index (χ0) is 15.6. The molecule has 1 aromatic carbocycles. The van der Waals surface area contributed by atoms with Gasteiger partial charge in [0.15, 0.2) is 0 Å². The number of hydrogen-bond acceptors (Lipinski definition) is 3. The number of carbonyl (C=O) groups excluding carboxylic acids is 2. The van der Waals surface area contributed by atoms with Gasteiger partial charge in [-0.25, -0.2) is 8.78 Å². The lowest BCUT2D eigenvalue weighted by atomic mass is 10.1. The second kappa shape index (κ2) is 6.17. The monoisotopic (exact) mass is 297 g/mol. The van der Waals surface area contributed by atoms with Crippen LogP contribution in [0.1, 0.15) is 18.5 Å². The van der Waals surface area contributed by atoms with Crippen molar-refractivity contribution in [3.8, 4) is 0 Å². The highest BCUT2D eigenvalue weighted by molar-refractivity contribution is 5.92. The molecule has 0 saturated carbocycles. The third-order valence-corrected chi connectivity index (χ3v) is 3.52. The van der Waals surface area contributed by atoms with Crippen LogP contribution in [0.2, 0.25) is 0 Å². The van der Waals surface area contributed by atoms with Crippen LogP contribution >= 0.6 is 0 Å². The molecule has 2 N–H and O–H groups in total. The summed E-state index contributed by atoms with van der Waals surface area (Å²) in [4.78, 5) is 26.5. The molecule has 1 saturated heterocycles. The topological polar surface area (TPSA) is 66.6 Å². The first-order valence-electron chi connectivity index (χ1n) is 6.68. The zero-order valence-electron chi connectivity index (χ0n) is 11.7. The summed E-state index contributed by atoms with van der Waals surface area (Å²) in [5.74, 6) is -1.84. The van der Waals surface area contributed by atoms with E-state index in [1.807, 2.05) is 0 Å². The summed E-state index contributed by atoms with van der Waals surface area (Å²) in [5.41, 5.74) is 5.99. The SMILES string of the molecule is CCN1CC(=O)N(CC(N)c2ccc(F)cc2F)CC1=O. The highest BCUT2D eigenvalue weighted by Crippen LogP contribution is 2.18. The van der Waals surface area contributed by atoms with Gasteiger partial charge < -0.3 is 15.5 Å². The Morgan fingerprint density at radius 3 is 2.43 bits per heavy atom. The molecule has 114 valence electrons. The molecule has 1 fully saturated rings. The van der Waals surface area contributed by atoms with Gasteiger partial charge in [-0.15, -0.1) is 0 Å². The molecular weight excluding hydrogens is 280 g/mol. The molecule has 1 aromatic rings. The summed E-state index contributed by atoms with van der Waals surface area (Å²) in [6, 6.07) is 2.30. The second-order valence-electron chi connectivity index (χ2n) is 4.95. The molecule has 1 aliphatic heterocycles. The largest absolute Gasteiger partial charge is 0.332 e. The van der Waals surface area contributed by atoms with E-state index < -0.39 is 17.7 Å².